The van der Waals surface area contributed by atoms with Crippen molar-refractivity contribution in [1.29, 1.82) is 0 Å². The number of thioether (sulfide) groups is 1. The van der Waals surface area contributed by atoms with Crippen molar-refractivity contribution in [2.24, 2.45) is 0 Å². The van der Waals surface area contributed by atoms with E-state index in [1.54, 1.807) is 0 Å². The van der Waals surface area contributed by atoms with Gasteiger partial charge in [0.2, 0.25) is 11.0 Å². The van der Waals surface area contributed by atoms with E-state index in [4.69, 9.17) is 5.73 Å². The van der Waals surface area contributed by atoms with Crippen LogP contribution < -0.4 is 11.1 Å². The number of hydrogen-bond acceptors (Lipinski definition) is 8. The molecule has 0 bridgehead atoms. The summed E-state index contributed by atoms with van der Waals surface area (Å²) in [5.74, 6) is -0.118. The predicted octanol–water partition coefficient (Wildman–Crippen LogP) is 2.85. The van der Waals surface area contributed by atoms with Gasteiger partial charge in [-0.2, -0.15) is 0 Å². The summed E-state index contributed by atoms with van der Waals surface area (Å²) in [7, 11) is 0. The van der Waals surface area contributed by atoms with Crippen LogP contribution in [0.2, 0.25) is 0 Å². The molecule has 1 amide bonds. The number of thiazole rings is 1. The molecule has 108 valence electrons. The van der Waals surface area contributed by atoms with Gasteiger partial charge in [0, 0.05) is 0 Å². The minimum atomic E-state index is -0.302. The molecule has 3 N–H and O–H groups in total. The van der Waals surface area contributed by atoms with Crippen LogP contribution in [0.15, 0.2) is 28.6 Å². The molecule has 0 spiro atoms. The number of amides is 1. The molecule has 0 radical (unpaired) electrons. The molecule has 1 unspecified atom stereocenters. The van der Waals surface area contributed by atoms with Gasteiger partial charge in [-0.3, -0.25) is 4.79 Å². The van der Waals surface area contributed by atoms with Crippen molar-refractivity contribution < 1.29 is 4.79 Å². The third-order valence-corrected chi connectivity index (χ3v) is 5.48. The third-order valence-electron chi connectivity index (χ3n) is 2.59. The fourth-order valence-electron chi connectivity index (χ4n) is 1.61. The Labute approximate surface area is 132 Å². The number of hydrogen-bond donors (Lipinski definition) is 2. The van der Waals surface area contributed by atoms with Crippen molar-refractivity contribution in [1.82, 2.24) is 15.2 Å². The van der Waals surface area contributed by atoms with Crippen molar-refractivity contribution in [2.45, 2.75) is 16.5 Å². The molecule has 6 nitrogen and oxygen atoms in total. The smallest absolute Gasteiger partial charge is 0.239 e. The number of fused-ring (bicyclic) bond motifs is 1. The van der Waals surface area contributed by atoms with E-state index in [2.05, 4.69) is 20.5 Å². The van der Waals surface area contributed by atoms with Crippen molar-refractivity contribution in [3.05, 3.63) is 24.3 Å². The van der Waals surface area contributed by atoms with Crippen LogP contribution in [0.5, 0.6) is 0 Å². The van der Waals surface area contributed by atoms with E-state index in [0.29, 0.717) is 14.6 Å². The second-order valence-electron chi connectivity index (χ2n) is 4.14. The van der Waals surface area contributed by atoms with Gasteiger partial charge in [-0.05, 0) is 19.1 Å². The summed E-state index contributed by atoms with van der Waals surface area (Å²) in [5, 5.41) is 11.1. The minimum absolute atomic E-state index is 0.118. The highest BCUT2D eigenvalue weighted by atomic mass is 32.2. The van der Waals surface area contributed by atoms with Crippen LogP contribution >= 0.6 is 34.4 Å². The molecule has 2 aromatic heterocycles. The second kappa shape index (κ2) is 5.96. The van der Waals surface area contributed by atoms with Gasteiger partial charge in [0.25, 0.3) is 0 Å². The highest BCUT2D eigenvalue weighted by molar-refractivity contribution is 8.02. The van der Waals surface area contributed by atoms with Crippen molar-refractivity contribution >= 4 is 60.8 Å². The van der Waals surface area contributed by atoms with E-state index in [9.17, 15) is 4.79 Å². The topological polar surface area (TPSA) is 93.8 Å². The van der Waals surface area contributed by atoms with E-state index in [1.165, 1.54) is 34.4 Å². The third kappa shape index (κ3) is 3.31. The number of benzene rings is 1. The van der Waals surface area contributed by atoms with Crippen molar-refractivity contribution in [3.63, 3.8) is 0 Å². The Kier molecular flexibility index (Phi) is 4.04. The van der Waals surface area contributed by atoms with E-state index in [1.807, 2.05) is 31.2 Å². The minimum Gasteiger partial charge on any atom is -0.374 e. The predicted molar refractivity (Wildman–Crippen MR) is 87.9 cm³/mol. The lowest BCUT2D eigenvalue weighted by molar-refractivity contribution is -0.115. The first-order valence-corrected chi connectivity index (χ1v) is 8.55. The Hall–Kier alpha value is -1.71. The number of nitrogens with zero attached hydrogens (tertiary/aromatic N) is 3. The summed E-state index contributed by atoms with van der Waals surface area (Å²) in [6.07, 6.45) is 0. The lowest BCUT2D eigenvalue weighted by Crippen LogP contribution is -2.22. The fraction of sp³-hybridized carbons (Fsp3) is 0.167. The molecule has 0 saturated heterocycles. The molecule has 0 aliphatic heterocycles. The van der Waals surface area contributed by atoms with Gasteiger partial charge in [0.05, 0.1) is 15.5 Å². The highest BCUT2D eigenvalue weighted by Gasteiger charge is 2.18. The number of carbonyl (C=O) groups is 1. The van der Waals surface area contributed by atoms with Crippen LogP contribution in [0.1, 0.15) is 6.92 Å². The zero-order valence-corrected chi connectivity index (χ0v) is 13.4. The monoisotopic (exact) mass is 337 g/mol. The Morgan fingerprint density at radius 1 is 1.33 bits per heavy atom. The lowest BCUT2D eigenvalue weighted by atomic mass is 10.3. The number of rotatable bonds is 4. The molecule has 0 fully saturated rings. The van der Waals surface area contributed by atoms with Crippen molar-refractivity contribution in [3.8, 4) is 0 Å². The first-order valence-electron chi connectivity index (χ1n) is 6.04. The van der Waals surface area contributed by atoms with Crippen LogP contribution in [-0.4, -0.2) is 26.3 Å². The normalized spacial score (nSPS) is 12.4. The van der Waals surface area contributed by atoms with E-state index in [-0.39, 0.29) is 11.2 Å². The maximum Gasteiger partial charge on any atom is 0.239 e. The number of carbonyl (C=O) groups excluding carboxylic acids is 1. The molecule has 21 heavy (non-hydrogen) atoms. The number of anilines is 2. The van der Waals surface area contributed by atoms with Crippen molar-refractivity contribution in [2.75, 3.05) is 11.1 Å². The summed E-state index contributed by atoms with van der Waals surface area (Å²) < 4.78 is 1.73. The van der Waals surface area contributed by atoms with Crippen LogP contribution in [0.4, 0.5) is 10.3 Å². The van der Waals surface area contributed by atoms with Gasteiger partial charge in [-0.15, -0.1) is 10.2 Å². The largest absolute Gasteiger partial charge is 0.374 e. The molecule has 0 aliphatic carbocycles. The summed E-state index contributed by atoms with van der Waals surface area (Å²) in [6.45, 7) is 1.81. The van der Waals surface area contributed by atoms with Gasteiger partial charge in [-0.25, -0.2) is 4.98 Å². The maximum absolute atomic E-state index is 12.2. The summed E-state index contributed by atoms with van der Waals surface area (Å²) >= 11 is 4.05. The zero-order chi connectivity index (χ0) is 14.8. The van der Waals surface area contributed by atoms with Gasteiger partial charge in [0.15, 0.2) is 9.47 Å². The molecule has 9 heteroatoms. The van der Waals surface area contributed by atoms with Gasteiger partial charge < -0.3 is 11.1 Å². The van der Waals surface area contributed by atoms with E-state index >= 15 is 0 Å². The molecule has 3 aromatic rings. The average molecular weight is 337 g/mol. The summed E-state index contributed by atoms with van der Waals surface area (Å²) in [5.41, 5.74) is 6.40. The number of aromatic nitrogens is 3. The average Bonchev–Trinajstić information content (AvgIpc) is 3.04. The molecule has 3 rings (SSSR count). The molecule has 0 aliphatic rings. The Morgan fingerprint density at radius 3 is 2.86 bits per heavy atom. The Morgan fingerprint density at radius 2 is 2.14 bits per heavy atom. The number of nitrogens with one attached hydrogen (secondary N) is 1. The van der Waals surface area contributed by atoms with E-state index < -0.39 is 0 Å². The molecule has 2 heterocycles. The van der Waals surface area contributed by atoms with E-state index in [0.717, 1.165) is 10.2 Å². The summed E-state index contributed by atoms with van der Waals surface area (Å²) in [4.78, 5) is 16.5. The highest BCUT2D eigenvalue weighted by Crippen LogP contribution is 2.29. The van der Waals surface area contributed by atoms with Crippen LogP contribution in [0, 0.1) is 0 Å². The molecule has 1 atom stereocenters. The van der Waals surface area contributed by atoms with Crippen LogP contribution in [0.3, 0.4) is 0 Å². The number of nitrogen functional groups attached to an aromatic ring is 1. The first kappa shape index (κ1) is 14.2. The van der Waals surface area contributed by atoms with Crippen LogP contribution in [0.25, 0.3) is 10.2 Å². The van der Waals surface area contributed by atoms with Gasteiger partial charge in [-0.1, -0.05) is 46.6 Å². The quantitative estimate of drug-likeness (QED) is 0.711. The molecule has 0 saturated carbocycles. The van der Waals surface area contributed by atoms with Gasteiger partial charge >= 0.3 is 0 Å². The number of nitrogens with two attached hydrogens (primary N) is 1. The fourth-order valence-corrected chi connectivity index (χ4v) is 4.25. The molecule has 1 aromatic carbocycles. The van der Waals surface area contributed by atoms with Gasteiger partial charge in [0.1, 0.15) is 0 Å². The SMILES string of the molecule is CC(Sc1nnc(N)s1)C(=O)Nc1nc2ccccc2s1. The zero-order valence-electron chi connectivity index (χ0n) is 10.9. The first-order chi connectivity index (χ1) is 10.1. The standard InChI is InChI=1S/C12H11N5OS3/c1-6(19-12-17-16-10(13)21-12)9(18)15-11-14-7-4-2-3-5-8(7)20-11/h2-6H,1H3,(H2,13,16)(H,14,15,18). The molecular weight excluding hydrogens is 326 g/mol. The Bertz CT molecular complexity index is 751. The van der Waals surface area contributed by atoms with Crippen LogP contribution in [-0.2, 0) is 4.79 Å². The number of para-hydroxylation sites is 1. The second-order valence-corrected chi connectivity index (χ2v) is 7.77. The summed E-state index contributed by atoms with van der Waals surface area (Å²) in [6, 6.07) is 7.77. The molecular formula is C12H11N5OS3. The Balaban J connectivity index is 1.67. The lowest BCUT2D eigenvalue weighted by Gasteiger charge is -2.07. The maximum atomic E-state index is 12.2.